The molecule has 2 aromatic heterocycles. The fraction of sp³-hybridized carbons (Fsp3) is 0.154. The number of aromatic nitrogens is 4. The average molecular weight is 319 g/mol. The van der Waals surface area contributed by atoms with Gasteiger partial charge in [-0.05, 0) is 19.2 Å². The molecule has 0 amide bonds. The predicted molar refractivity (Wildman–Crippen MR) is 79.0 cm³/mol. The molecule has 0 bridgehead atoms. The lowest BCUT2D eigenvalue weighted by atomic mass is 10.1. The van der Waals surface area contributed by atoms with Gasteiger partial charge < -0.3 is 4.74 Å². The molecule has 1 N–H and O–H groups in total. The van der Waals surface area contributed by atoms with E-state index >= 15 is 0 Å². The van der Waals surface area contributed by atoms with Crippen LogP contribution in [0.4, 0.5) is 0 Å². The van der Waals surface area contributed by atoms with Crippen molar-refractivity contribution < 1.29 is 13.2 Å². The highest BCUT2D eigenvalue weighted by Crippen LogP contribution is 2.31. The molecule has 1 aromatic carbocycles. The summed E-state index contributed by atoms with van der Waals surface area (Å²) in [6, 6.07) is 4.62. The van der Waals surface area contributed by atoms with Crippen LogP contribution in [0.25, 0.3) is 16.9 Å². The number of hydrogen-bond acceptors (Lipinski definition) is 6. The summed E-state index contributed by atoms with van der Waals surface area (Å²) < 4.78 is 33.0. The molecular weight excluding hydrogens is 306 g/mol. The fourth-order valence-electron chi connectivity index (χ4n) is 2.06. The van der Waals surface area contributed by atoms with E-state index < -0.39 is 10.0 Å². The Labute approximate surface area is 126 Å². The van der Waals surface area contributed by atoms with E-state index in [1.807, 2.05) is 0 Å². The SMILES string of the molecule is CNS(=O)(=O)c1ccc(-c2cn3cnncc3n2)c(OC)c1. The lowest BCUT2D eigenvalue weighted by Crippen LogP contribution is -2.18. The molecule has 3 aromatic rings. The molecule has 114 valence electrons. The maximum atomic E-state index is 11.9. The van der Waals surface area contributed by atoms with Crippen LogP contribution in [0.15, 0.2) is 41.8 Å². The Bertz CT molecular complexity index is 903. The van der Waals surface area contributed by atoms with Crippen molar-refractivity contribution in [1.29, 1.82) is 0 Å². The van der Waals surface area contributed by atoms with Crippen LogP contribution in [0.3, 0.4) is 0 Å². The predicted octanol–water partition coefficient (Wildman–Crippen LogP) is 0.708. The van der Waals surface area contributed by atoms with Gasteiger partial charge in [0.1, 0.15) is 12.1 Å². The van der Waals surface area contributed by atoms with Gasteiger partial charge in [0, 0.05) is 17.8 Å². The van der Waals surface area contributed by atoms with Gasteiger partial charge >= 0.3 is 0 Å². The number of imidazole rings is 1. The normalized spacial score (nSPS) is 11.7. The van der Waals surface area contributed by atoms with Crippen LogP contribution in [0.2, 0.25) is 0 Å². The molecule has 3 rings (SSSR count). The van der Waals surface area contributed by atoms with Gasteiger partial charge in [0.15, 0.2) is 5.65 Å². The molecule has 2 heterocycles. The molecular formula is C13H13N5O3S. The van der Waals surface area contributed by atoms with E-state index in [4.69, 9.17) is 4.74 Å². The Morgan fingerprint density at radius 3 is 2.77 bits per heavy atom. The van der Waals surface area contributed by atoms with E-state index in [9.17, 15) is 8.42 Å². The van der Waals surface area contributed by atoms with Gasteiger partial charge in [0.2, 0.25) is 10.0 Å². The second-order valence-electron chi connectivity index (χ2n) is 4.44. The summed E-state index contributed by atoms with van der Waals surface area (Å²) in [6.45, 7) is 0. The number of hydrogen-bond donors (Lipinski definition) is 1. The Morgan fingerprint density at radius 1 is 1.27 bits per heavy atom. The van der Waals surface area contributed by atoms with Gasteiger partial charge in [-0.3, -0.25) is 4.40 Å². The summed E-state index contributed by atoms with van der Waals surface area (Å²) in [4.78, 5) is 4.55. The molecule has 0 aliphatic carbocycles. The summed E-state index contributed by atoms with van der Waals surface area (Å²) in [5.74, 6) is 0.417. The maximum Gasteiger partial charge on any atom is 0.240 e. The topological polar surface area (TPSA) is 98.5 Å². The Hall–Kier alpha value is -2.52. The Morgan fingerprint density at radius 2 is 2.09 bits per heavy atom. The van der Waals surface area contributed by atoms with Crippen molar-refractivity contribution in [2.24, 2.45) is 0 Å². The third-order valence-corrected chi connectivity index (χ3v) is 4.62. The third kappa shape index (κ3) is 2.40. The zero-order chi connectivity index (χ0) is 15.7. The summed E-state index contributed by atoms with van der Waals surface area (Å²) in [5.41, 5.74) is 1.96. The van der Waals surface area contributed by atoms with Crippen LogP contribution in [0.1, 0.15) is 0 Å². The number of fused-ring (bicyclic) bond motifs is 1. The highest BCUT2D eigenvalue weighted by molar-refractivity contribution is 7.89. The molecule has 0 saturated carbocycles. The van der Waals surface area contributed by atoms with E-state index in [0.717, 1.165) is 0 Å². The number of nitrogens with one attached hydrogen (secondary N) is 1. The zero-order valence-electron chi connectivity index (χ0n) is 11.9. The van der Waals surface area contributed by atoms with E-state index in [1.54, 1.807) is 16.7 Å². The second-order valence-corrected chi connectivity index (χ2v) is 6.32. The summed E-state index contributed by atoms with van der Waals surface area (Å²) >= 11 is 0. The minimum Gasteiger partial charge on any atom is -0.496 e. The lowest BCUT2D eigenvalue weighted by molar-refractivity contribution is 0.415. The molecule has 0 aliphatic rings. The number of methoxy groups -OCH3 is 1. The number of ether oxygens (including phenoxy) is 1. The van der Waals surface area contributed by atoms with Crippen LogP contribution in [0, 0.1) is 0 Å². The first-order valence-corrected chi connectivity index (χ1v) is 7.81. The molecule has 0 fully saturated rings. The minimum atomic E-state index is -3.53. The van der Waals surface area contributed by atoms with E-state index in [1.165, 1.54) is 38.8 Å². The quantitative estimate of drug-likeness (QED) is 0.760. The largest absolute Gasteiger partial charge is 0.496 e. The van der Waals surface area contributed by atoms with Gasteiger partial charge in [-0.25, -0.2) is 18.1 Å². The van der Waals surface area contributed by atoms with Gasteiger partial charge in [-0.1, -0.05) is 0 Å². The lowest BCUT2D eigenvalue weighted by Gasteiger charge is -2.09. The summed E-state index contributed by atoms with van der Waals surface area (Å²) in [7, 11) is -0.691. The molecule has 0 atom stereocenters. The van der Waals surface area contributed by atoms with Gasteiger partial charge in [-0.2, -0.15) is 5.10 Å². The van der Waals surface area contributed by atoms with E-state index in [0.29, 0.717) is 22.7 Å². The van der Waals surface area contributed by atoms with E-state index in [-0.39, 0.29) is 4.90 Å². The van der Waals surface area contributed by atoms with Crippen molar-refractivity contribution in [3.63, 3.8) is 0 Å². The van der Waals surface area contributed by atoms with Crippen molar-refractivity contribution in [3.8, 4) is 17.0 Å². The first-order chi connectivity index (χ1) is 10.5. The number of benzene rings is 1. The van der Waals surface area contributed by atoms with Gasteiger partial charge in [0.25, 0.3) is 0 Å². The standard InChI is InChI=1S/C13H13N5O3S/c1-14-22(19,20)9-3-4-10(12(5-9)21-2)11-7-18-8-16-15-6-13(18)17-11/h3-8,14H,1-2H3. The van der Waals surface area contributed by atoms with E-state index in [2.05, 4.69) is 19.9 Å². The van der Waals surface area contributed by atoms with Crippen LogP contribution < -0.4 is 9.46 Å². The van der Waals surface area contributed by atoms with Crippen molar-refractivity contribution >= 4 is 15.7 Å². The summed E-state index contributed by atoms with van der Waals surface area (Å²) in [6.07, 6.45) is 4.85. The highest BCUT2D eigenvalue weighted by atomic mass is 32.2. The smallest absolute Gasteiger partial charge is 0.240 e. The van der Waals surface area contributed by atoms with Crippen LogP contribution in [-0.2, 0) is 10.0 Å². The molecule has 0 spiro atoms. The molecule has 22 heavy (non-hydrogen) atoms. The molecule has 9 heteroatoms. The van der Waals surface area contributed by atoms with Crippen LogP contribution in [0.5, 0.6) is 5.75 Å². The number of nitrogens with zero attached hydrogens (tertiary/aromatic N) is 4. The van der Waals surface area contributed by atoms with Gasteiger partial charge in [0.05, 0.1) is 23.9 Å². The monoisotopic (exact) mass is 319 g/mol. The maximum absolute atomic E-state index is 11.9. The van der Waals surface area contributed by atoms with Crippen molar-refractivity contribution in [2.45, 2.75) is 4.90 Å². The van der Waals surface area contributed by atoms with Crippen molar-refractivity contribution in [3.05, 3.63) is 36.9 Å². The van der Waals surface area contributed by atoms with Crippen molar-refractivity contribution in [2.75, 3.05) is 14.2 Å². The van der Waals surface area contributed by atoms with Crippen LogP contribution >= 0.6 is 0 Å². The first kappa shape index (κ1) is 14.4. The highest BCUT2D eigenvalue weighted by Gasteiger charge is 2.16. The first-order valence-electron chi connectivity index (χ1n) is 6.32. The molecule has 0 radical (unpaired) electrons. The number of rotatable bonds is 4. The third-order valence-electron chi connectivity index (χ3n) is 3.20. The average Bonchev–Trinajstić information content (AvgIpc) is 2.98. The summed E-state index contributed by atoms with van der Waals surface area (Å²) in [5, 5.41) is 7.54. The fourth-order valence-corrected chi connectivity index (χ4v) is 2.81. The minimum absolute atomic E-state index is 0.127. The number of sulfonamides is 1. The zero-order valence-corrected chi connectivity index (χ0v) is 12.7. The van der Waals surface area contributed by atoms with Crippen LogP contribution in [-0.4, -0.2) is 42.2 Å². The Kier molecular flexibility index (Phi) is 3.51. The van der Waals surface area contributed by atoms with Gasteiger partial charge in [-0.15, -0.1) is 5.10 Å². The molecule has 8 nitrogen and oxygen atoms in total. The molecule has 0 unspecified atom stereocenters. The molecule has 0 aliphatic heterocycles. The molecule has 0 saturated heterocycles. The Balaban J connectivity index is 2.14. The van der Waals surface area contributed by atoms with Crippen molar-refractivity contribution in [1.82, 2.24) is 24.3 Å². The second kappa shape index (κ2) is 5.35.